The summed E-state index contributed by atoms with van der Waals surface area (Å²) in [6.07, 6.45) is 0. The molecule has 0 aliphatic heterocycles. The van der Waals surface area contributed by atoms with Crippen LogP contribution >= 0.6 is 15.9 Å². The molecular weight excluding hydrogens is 276 g/mol. The van der Waals surface area contributed by atoms with Crippen molar-refractivity contribution < 1.29 is 0 Å². The van der Waals surface area contributed by atoms with E-state index in [-0.39, 0.29) is 0 Å². The summed E-state index contributed by atoms with van der Waals surface area (Å²) < 4.78 is 3.14. The van der Waals surface area contributed by atoms with E-state index in [9.17, 15) is 0 Å². The molecule has 1 aromatic carbocycles. The Morgan fingerprint density at radius 2 is 1.88 bits per heavy atom. The van der Waals surface area contributed by atoms with Crippen molar-refractivity contribution in [3.8, 4) is 11.3 Å². The van der Waals surface area contributed by atoms with E-state index in [1.54, 1.807) is 0 Å². The zero-order valence-corrected chi connectivity index (χ0v) is 12.3. The minimum Gasteiger partial charge on any atom is -0.264 e. The second-order valence-electron chi connectivity index (χ2n) is 4.36. The number of halogens is 1. The van der Waals surface area contributed by atoms with Gasteiger partial charge in [-0.2, -0.15) is 5.10 Å². The Morgan fingerprint density at radius 1 is 1.18 bits per heavy atom. The highest BCUT2D eigenvalue weighted by Gasteiger charge is 2.14. The van der Waals surface area contributed by atoms with Gasteiger partial charge in [0.25, 0.3) is 0 Å². The van der Waals surface area contributed by atoms with Gasteiger partial charge in [0, 0.05) is 12.1 Å². The van der Waals surface area contributed by atoms with E-state index in [2.05, 4.69) is 60.0 Å². The second-order valence-corrected chi connectivity index (χ2v) is 5.16. The molecule has 3 heteroatoms. The molecule has 0 aliphatic carbocycles. The number of aryl methyl sites for hydroxylation is 4. The van der Waals surface area contributed by atoms with Crippen molar-refractivity contribution in [2.75, 3.05) is 0 Å². The zero-order chi connectivity index (χ0) is 12.6. The molecule has 0 fully saturated rings. The summed E-state index contributed by atoms with van der Waals surface area (Å²) in [7, 11) is 0. The van der Waals surface area contributed by atoms with Crippen LogP contribution < -0.4 is 0 Å². The minimum atomic E-state index is 0.884. The first kappa shape index (κ1) is 12.4. The Labute approximate surface area is 111 Å². The molecule has 0 amide bonds. The predicted molar refractivity (Wildman–Crippen MR) is 75.2 cm³/mol. The van der Waals surface area contributed by atoms with Crippen molar-refractivity contribution in [2.24, 2.45) is 0 Å². The Balaban J connectivity index is 2.63. The highest BCUT2D eigenvalue weighted by atomic mass is 79.9. The van der Waals surface area contributed by atoms with Crippen molar-refractivity contribution in [1.82, 2.24) is 9.78 Å². The summed E-state index contributed by atoms with van der Waals surface area (Å²) in [6, 6.07) is 6.55. The molecule has 0 bridgehead atoms. The third-order valence-electron chi connectivity index (χ3n) is 3.13. The summed E-state index contributed by atoms with van der Waals surface area (Å²) >= 11 is 3.64. The van der Waals surface area contributed by atoms with Gasteiger partial charge in [0.1, 0.15) is 0 Å². The van der Waals surface area contributed by atoms with Gasteiger partial charge in [0.05, 0.1) is 15.9 Å². The largest absolute Gasteiger partial charge is 0.264 e. The molecule has 2 rings (SSSR count). The van der Waals surface area contributed by atoms with Crippen LogP contribution in [0.5, 0.6) is 0 Å². The lowest BCUT2D eigenvalue weighted by molar-refractivity contribution is 0.660. The summed E-state index contributed by atoms with van der Waals surface area (Å²) in [5.74, 6) is 0. The maximum atomic E-state index is 4.53. The average molecular weight is 293 g/mol. The van der Waals surface area contributed by atoms with Crippen molar-refractivity contribution in [3.63, 3.8) is 0 Å². The van der Waals surface area contributed by atoms with Crippen LogP contribution in [0.25, 0.3) is 11.3 Å². The second kappa shape index (κ2) is 4.65. The molecule has 2 nitrogen and oxygen atoms in total. The molecule has 0 atom stereocenters. The number of benzene rings is 1. The van der Waals surface area contributed by atoms with E-state index < -0.39 is 0 Å². The quantitative estimate of drug-likeness (QED) is 0.809. The third-order valence-corrected chi connectivity index (χ3v) is 4.08. The molecule has 2 aromatic rings. The van der Waals surface area contributed by atoms with Crippen LogP contribution in [-0.2, 0) is 6.54 Å². The highest BCUT2D eigenvalue weighted by molar-refractivity contribution is 9.10. The summed E-state index contributed by atoms with van der Waals surface area (Å²) in [6.45, 7) is 9.31. The summed E-state index contributed by atoms with van der Waals surface area (Å²) in [5.41, 5.74) is 6.08. The predicted octanol–water partition coefficient (Wildman–Crippen LogP) is 4.26. The first-order valence-electron chi connectivity index (χ1n) is 5.85. The van der Waals surface area contributed by atoms with Crippen molar-refractivity contribution in [2.45, 2.75) is 34.2 Å². The van der Waals surface area contributed by atoms with Gasteiger partial charge in [-0.05, 0) is 60.8 Å². The molecule has 0 aliphatic rings. The molecule has 0 saturated heterocycles. The maximum absolute atomic E-state index is 4.53. The van der Waals surface area contributed by atoms with Crippen LogP contribution in [0.15, 0.2) is 22.7 Å². The van der Waals surface area contributed by atoms with Gasteiger partial charge in [0.15, 0.2) is 0 Å². The molecule has 17 heavy (non-hydrogen) atoms. The SMILES string of the molecule is CCn1nc(C)c(Br)c1-c1ccc(C)c(C)c1. The fraction of sp³-hybridized carbons (Fsp3) is 0.357. The average Bonchev–Trinajstić information content (AvgIpc) is 2.59. The van der Waals surface area contributed by atoms with Crippen LogP contribution in [0.3, 0.4) is 0 Å². The van der Waals surface area contributed by atoms with Gasteiger partial charge in [-0.1, -0.05) is 12.1 Å². The van der Waals surface area contributed by atoms with E-state index in [0.29, 0.717) is 0 Å². The number of hydrogen-bond acceptors (Lipinski definition) is 1. The molecule has 90 valence electrons. The first-order valence-corrected chi connectivity index (χ1v) is 6.64. The van der Waals surface area contributed by atoms with Crippen molar-refractivity contribution in [1.29, 1.82) is 0 Å². The van der Waals surface area contributed by atoms with Crippen molar-refractivity contribution in [3.05, 3.63) is 39.5 Å². The normalized spacial score (nSPS) is 10.9. The van der Waals surface area contributed by atoms with E-state index in [4.69, 9.17) is 0 Å². The van der Waals surface area contributed by atoms with E-state index in [1.807, 2.05) is 11.6 Å². The number of rotatable bonds is 2. The van der Waals surface area contributed by atoms with E-state index >= 15 is 0 Å². The molecule has 1 heterocycles. The minimum absolute atomic E-state index is 0.884. The molecule has 0 spiro atoms. The van der Waals surface area contributed by atoms with Crippen LogP contribution in [-0.4, -0.2) is 9.78 Å². The van der Waals surface area contributed by atoms with Crippen LogP contribution in [0.1, 0.15) is 23.7 Å². The Bertz CT molecular complexity index is 556. The Kier molecular flexibility index (Phi) is 3.38. The van der Waals surface area contributed by atoms with Gasteiger partial charge in [-0.3, -0.25) is 4.68 Å². The molecule has 1 aromatic heterocycles. The Hall–Kier alpha value is -1.09. The van der Waals surface area contributed by atoms with Crippen LogP contribution in [0.2, 0.25) is 0 Å². The van der Waals surface area contributed by atoms with Gasteiger partial charge >= 0.3 is 0 Å². The number of nitrogens with zero attached hydrogens (tertiary/aromatic N) is 2. The lowest BCUT2D eigenvalue weighted by Gasteiger charge is -2.08. The van der Waals surface area contributed by atoms with Crippen molar-refractivity contribution >= 4 is 15.9 Å². The van der Waals surface area contributed by atoms with Crippen LogP contribution in [0, 0.1) is 20.8 Å². The first-order chi connectivity index (χ1) is 8.04. The van der Waals surface area contributed by atoms with E-state index in [0.717, 1.165) is 16.7 Å². The standard InChI is InChI=1S/C14H17BrN2/c1-5-17-14(13(15)11(4)16-17)12-7-6-9(2)10(3)8-12/h6-8H,5H2,1-4H3. The number of aromatic nitrogens is 2. The van der Waals surface area contributed by atoms with E-state index in [1.165, 1.54) is 22.4 Å². The molecule has 0 saturated carbocycles. The molecule has 0 unspecified atom stereocenters. The monoisotopic (exact) mass is 292 g/mol. The lowest BCUT2D eigenvalue weighted by atomic mass is 10.0. The fourth-order valence-electron chi connectivity index (χ4n) is 1.95. The van der Waals surface area contributed by atoms with Gasteiger partial charge in [0.2, 0.25) is 0 Å². The summed E-state index contributed by atoms with van der Waals surface area (Å²) in [4.78, 5) is 0. The summed E-state index contributed by atoms with van der Waals surface area (Å²) in [5, 5.41) is 4.53. The molecule has 0 N–H and O–H groups in total. The van der Waals surface area contributed by atoms with Crippen LogP contribution in [0.4, 0.5) is 0 Å². The lowest BCUT2D eigenvalue weighted by Crippen LogP contribution is -1.99. The fourth-order valence-corrected chi connectivity index (χ4v) is 2.47. The maximum Gasteiger partial charge on any atom is 0.0827 e. The van der Waals surface area contributed by atoms with Gasteiger partial charge < -0.3 is 0 Å². The van der Waals surface area contributed by atoms with Gasteiger partial charge in [-0.25, -0.2) is 0 Å². The number of hydrogen-bond donors (Lipinski definition) is 0. The molecule has 0 radical (unpaired) electrons. The Morgan fingerprint density at radius 3 is 2.47 bits per heavy atom. The van der Waals surface area contributed by atoms with Gasteiger partial charge in [-0.15, -0.1) is 0 Å². The smallest absolute Gasteiger partial charge is 0.0827 e. The third kappa shape index (κ3) is 2.16. The zero-order valence-electron chi connectivity index (χ0n) is 10.7. The highest BCUT2D eigenvalue weighted by Crippen LogP contribution is 2.31. The molecular formula is C14H17BrN2. The topological polar surface area (TPSA) is 17.8 Å².